The molecule has 33 heteroatoms. The average molecular weight is 1220 g/mol. The van der Waals surface area contributed by atoms with Gasteiger partial charge in [0.25, 0.3) is 0 Å². The molecular weight excluding hydrogens is 1140 g/mol. The number of thioether (sulfide) groups is 1. The van der Waals surface area contributed by atoms with E-state index in [9.17, 15) is 63.3 Å². The molecule has 6 rings (SSSR count). The third-order valence-corrected chi connectivity index (χ3v) is 16.2. The van der Waals surface area contributed by atoms with E-state index in [0.29, 0.717) is 36.8 Å². The standard InChI is InChI=1S/C52H82N16O16S/c1-28(69)41-49(78)59-35(21-31-23-54-27-56-31)51(80)68-15-8-10-37(68)47(76)62-43(30(3)71)50(79)63-42(29(2)70)48(77)58-33(45(53)74)9-6-7-14-67-24-32(65-66-67)22-34(46(75)61-41)57-40(73)25-84-20-19-83-18-17-82-16-13-55-39(72)12-5-4-11-38-44-36(26-85-38)60-52(81)64-44/h23-24,27-30,33-38,41-44,69-71H,4-22,25-26H2,1-3H3,(H2,53,74)(H,54,56)(H,55,72)(H,57,73)(H,58,77)(H,59,78)(H,61,75)(H,62,76)(H,63,79)(H2,60,64,81)/t28?,29?,30?,33-,34-,35-,36+,37-,38+,41-,42-,43-,44+/m0/s1. The molecule has 0 aromatic carbocycles. The average Bonchev–Trinajstić information content (AvgIpc) is 4.48. The maximum atomic E-state index is 14.5. The minimum absolute atomic E-state index is 0.00715. The van der Waals surface area contributed by atoms with Gasteiger partial charge in [0.15, 0.2) is 0 Å². The molecule has 0 aliphatic carbocycles. The summed E-state index contributed by atoms with van der Waals surface area (Å²) in [6.07, 6.45) is 2.98. The predicted octanol–water partition coefficient (Wildman–Crippen LogP) is -5.61. The zero-order valence-electron chi connectivity index (χ0n) is 48.0. The van der Waals surface area contributed by atoms with Gasteiger partial charge >= 0.3 is 6.03 Å². The van der Waals surface area contributed by atoms with Gasteiger partial charge in [0.2, 0.25) is 53.2 Å². The summed E-state index contributed by atoms with van der Waals surface area (Å²) < 4.78 is 18.0. The molecule has 6 heterocycles. The van der Waals surface area contributed by atoms with E-state index < -0.39 is 114 Å². The number of primary amides is 1. The number of rotatable bonds is 23. The topological polar surface area (TPSA) is 456 Å². The number of carbonyl (C=O) groups is 10. The van der Waals surface area contributed by atoms with Crippen LogP contribution in [0, 0.1) is 0 Å². The number of unbranched alkanes of at least 4 members (excludes halogenated alkanes) is 1. The monoisotopic (exact) mass is 1220 g/mol. The zero-order chi connectivity index (χ0) is 61.6. The van der Waals surface area contributed by atoms with Gasteiger partial charge in [-0.05, 0) is 65.7 Å². The van der Waals surface area contributed by atoms with Gasteiger partial charge in [-0.15, -0.1) is 5.10 Å². The van der Waals surface area contributed by atoms with Gasteiger partial charge in [0, 0.05) is 68.0 Å². The number of nitrogens with zero attached hydrogens (tertiary/aromatic N) is 5. The number of nitrogens with two attached hydrogens (primary N) is 1. The lowest BCUT2D eigenvalue weighted by Gasteiger charge is -2.32. The fourth-order valence-electron chi connectivity index (χ4n) is 10.1. The molecular formula is C52H82N16O16S. The van der Waals surface area contributed by atoms with Gasteiger partial charge in [-0.1, -0.05) is 11.6 Å². The Morgan fingerprint density at radius 3 is 2.09 bits per heavy atom. The number of H-pyrrole nitrogens is 1. The third-order valence-electron chi connectivity index (χ3n) is 14.7. The van der Waals surface area contributed by atoms with Crippen molar-refractivity contribution in [2.24, 2.45) is 5.73 Å². The first kappa shape index (κ1) is 67.1. The van der Waals surface area contributed by atoms with Crippen molar-refractivity contribution in [1.82, 2.24) is 77.7 Å². The van der Waals surface area contributed by atoms with Crippen molar-refractivity contribution in [2.45, 2.75) is 176 Å². The van der Waals surface area contributed by atoms with Crippen molar-refractivity contribution >= 4 is 71.0 Å². The quantitative estimate of drug-likeness (QED) is 0.0364. The summed E-state index contributed by atoms with van der Waals surface area (Å²) >= 11 is 1.84. The normalized spacial score (nSPS) is 26.8. The summed E-state index contributed by atoms with van der Waals surface area (Å²) in [5.74, 6) is -6.55. The molecule has 15 N–H and O–H groups in total. The van der Waals surface area contributed by atoms with Crippen LogP contribution in [0.5, 0.6) is 0 Å². The molecule has 0 radical (unpaired) electrons. The number of urea groups is 1. The molecule has 4 aliphatic rings. The SMILES string of the molecule is CC(O)[C@@H]1NC(=O)[C@@H](NC(=O)COCCOCCOCCNC(=O)CCCC[C@H]2SC[C@H]3NC(=O)N[C@H]32)Cc2cn(nn2)CCCC[C@@H](C(N)=O)NC(=O)[C@H](C(C)O)NC(=O)[C@H](C(C)O)NC(=O)[C@@H]2CCCN2C(=O)[C@H](Cc2cnc[nH]2)NC1=O. The van der Waals surface area contributed by atoms with Crippen LogP contribution >= 0.6 is 11.8 Å². The lowest BCUT2D eigenvalue weighted by molar-refractivity contribution is -0.143. The molecule has 0 saturated carbocycles. The molecule has 2 bridgehead atoms. The highest BCUT2D eigenvalue weighted by Gasteiger charge is 2.44. The number of aromatic nitrogens is 5. The second-order valence-corrected chi connectivity index (χ2v) is 22.7. The molecule has 0 spiro atoms. The smallest absolute Gasteiger partial charge is 0.315 e. The number of hydrogen-bond donors (Lipinski definition) is 14. The highest BCUT2D eigenvalue weighted by atomic mass is 32.2. The van der Waals surface area contributed by atoms with Crippen LogP contribution in [0.1, 0.15) is 89.9 Å². The lowest BCUT2D eigenvalue weighted by Crippen LogP contribution is -2.63. The predicted molar refractivity (Wildman–Crippen MR) is 300 cm³/mol. The molecule has 2 aromatic heterocycles. The van der Waals surface area contributed by atoms with Crippen molar-refractivity contribution in [3.05, 3.63) is 30.1 Å². The number of aliphatic hydroxyl groups excluding tert-OH is 3. The molecule has 11 amide bonds. The molecule has 13 atom stereocenters. The van der Waals surface area contributed by atoms with Crippen LogP contribution < -0.4 is 53.6 Å². The number of ether oxygens (including phenoxy) is 3. The molecule has 32 nitrogen and oxygen atoms in total. The Kier molecular flexibility index (Phi) is 26.5. The van der Waals surface area contributed by atoms with E-state index in [4.69, 9.17) is 19.9 Å². The van der Waals surface area contributed by atoms with Gasteiger partial charge in [0.05, 0.1) is 75.5 Å². The molecule has 2 aromatic rings. The Balaban J connectivity index is 1.06. The fourth-order valence-corrected chi connectivity index (χ4v) is 11.7. The van der Waals surface area contributed by atoms with Crippen LogP contribution in [0.3, 0.4) is 0 Å². The number of carbonyl (C=O) groups excluding carboxylic acids is 10. The minimum Gasteiger partial charge on any atom is -0.391 e. The summed E-state index contributed by atoms with van der Waals surface area (Å²) in [5.41, 5.74) is 6.22. The second kappa shape index (κ2) is 33.6. The Morgan fingerprint density at radius 2 is 1.41 bits per heavy atom. The van der Waals surface area contributed by atoms with E-state index in [1.165, 1.54) is 49.1 Å². The van der Waals surface area contributed by atoms with E-state index in [1.807, 2.05) is 11.8 Å². The third kappa shape index (κ3) is 20.9. The maximum Gasteiger partial charge on any atom is 0.315 e. The van der Waals surface area contributed by atoms with Crippen LogP contribution in [0.2, 0.25) is 0 Å². The van der Waals surface area contributed by atoms with E-state index in [-0.39, 0.29) is 108 Å². The van der Waals surface area contributed by atoms with Crippen LogP contribution in [0.4, 0.5) is 4.79 Å². The number of imidazole rings is 1. The molecule has 472 valence electrons. The summed E-state index contributed by atoms with van der Waals surface area (Å²) in [7, 11) is 0. The highest BCUT2D eigenvalue weighted by Crippen LogP contribution is 2.33. The number of amides is 11. The van der Waals surface area contributed by atoms with E-state index >= 15 is 0 Å². The Hall–Kier alpha value is -7.04. The number of hydrogen-bond acceptors (Lipinski definition) is 20. The van der Waals surface area contributed by atoms with Crippen molar-refractivity contribution in [1.29, 1.82) is 0 Å². The molecule has 4 aliphatic heterocycles. The van der Waals surface area contributed by atoms with Gasteiger partial charge < -0.3 is 93.0 Å². The van der Waals surface area contributed by atoms with Gasteiger partial charge in [0.1, 0.15) is 48.9 Å². The first-order chi connectivity index (χ1) is 40.7. The molecule has 85 heavy (non-hydrogen) atoms. The highest BCUT2D eigenvalue weighted by molar-refractivity contribution is 8.00. The summed E-state index contributed by atoms with van der Waals surface area (Å²) in [6.45, 7) is 4.37. The van der Waals surface area contributed by atoms with Gasteiger partial charge in [-0.2, -0.15) is 11.8 Å². The van der Waals surface area contributed by atoms with Crippen molar-refractivity contribution in [3.8, 4) is 0 Å². The summed E-state index contributed by atoms with van der Waals surface area (Å²) in [6, 6.07) is -10.4. The summed E-state index contributed by atoms with van der Waals surface area (Å²) in [4.78, 5) is 142. The van der Waals surface area contributed by atoms with Crippen LogP contribution in [-0.2, 0) is 76.7 Å². The van der Waals surface area contributed by atoms with E-state index in [2.05, 4.69) is 68.1 Å². The lowest BCUT2D eigenvalue weighted by atomic mass is 10.0. The summed E-state index contributed by atoms with van der Waals surface area (Å²) in [5, 5.41) is 64.6. The van der Waals surface area contributed by atoms with Gasteiger partial charge in [-0.25, -0.2) is 9.78 Å². The van der Waals surface area contributed by atoms with Crippen molar-refractivity contribution < 1.29 is 77.5 Å². The van der Waals surface area contributed by atoms with E-state index in [1.54, 1.807) is 0 Å². The number of fused-ring (bicyclic) bond motifs is 4. The maximum absolute atomic E-state index is 14.5. The number of aliphatic hydroxyl groups is 3. The van der Waals surface area contributed by atoms with Crippen LogP contribution in [0.15, 0.2) is 18.7 Å². The second-order valence-electron chi connectivity index (χ2n) is 21.5. The van der Waals surface area contributed by atoms with Crippen LogP contribution in [0.25, 0.3) is 0 Å². The molecule has 3 unspecified atom stereocenters. The van der Waals surface area contributed by atoms with Gasteiger partial charge in [-0.3, -0.25) is 47.8 Å². The molecule has 3 saturated heterocycles. The minimum atomic E-state index is -1.73. The zero-order valence-corrected chi connectivity index (χ0v) is 48.8. The fraction of sp³-hybridized carbons (Fsp3) is 0.712. The number of nitrogens with one attached hydrogen (secondary N) is 10. The van der Waals surface area contributed by atoms with Crippen LogP contribution in [-0.4, -0.2) is 241 Å². The first-order valence-corrected chi connectivity index (χ1v) is 29.7. The van der Waals surface area contributed by atoms with E-state index in [0.717, 1.165) is 25.0 Å². The first-order valence-electron chi connectivity index (χ1n) is 28.7. The Bertz CT molecular complexity index is 2580. The molecule has 3 fully saturated rings. The van der Waals surface area contributed by atoms with Crippen molar-refractivity contribution in [3.63, 3.8) is 0 Å². The largest absolute Gasteiger partial charge is 0.391 e. The number of aromatic amines is 1. The Morgan fingerprint density at radius 1 is 0.753 bits per heavy atom. The number of aryl methyl sites for hydroxylation is 1. The van der Waals surface area contributed by atoms with Crippen molar-refractivity contribution in [2.75, 3.05) is 58.5 Å². The Labute approximate surface area is 494 Å².